The van der Waals surface area contributed by atoms with Crippen LogP contribution in [0.4, 0.5) is 5.69 Å². The Bertz CT molecular complexity index is 1230. The number of nitrogens with zero attached hydrogens (tertiary/aromatic N) is 1. The Hall–Kier alpha value is -3.47. The van der Waals surface area contributed by atoms with Gasteiger partial charge >= 0.3 is 0 Å². The van der Waals surface area contributed by atoms with Crippen molar-refractivity contribution in [1.82, 2.24) is 5.16 Å². The smallest absolute Gasteiger partial charge is 0.255 e. The van der Waals surface area contributed by atoms with Crippen LogP contribution in [-0.4, -0.2) is 16.8 Å². The molecule has 3 aromatic rings. The van der Waals surface area contributed by atoms with E-state index < -0.39 is 0 Å². The average molecular weight is 459 g/mol. The molecule has 0 atom stereocenters. The number of Topliss-reactive ketones (excluding diaryl/α,β-unsaturated/α-hetero) is 1. The molecule has 0 aliphatic heterocycles. The third kappa shape index (κ3) is 6.10. The Balaban J connectivity index is 1.55. The summed E-state index contributed by atoms with van der Waals surface area (Å²) in [7, 11) is 0. The molecule has 0 spiro atoms. The van der Waals surface area contributed by atoms with E-state index >= 15 is 0 Å². The summed E-state index contributed by atoms with van der Waals surface area (Å²) in [5, 5.41) is 7.03. The monoisotopic (exact) mass is 458 g/mol. The van der Waals surface area contributed by atoms with Crippen molar-refractivity contribution in [1.29, 1.82) is 0 Å². The van der Waals surface area contributed by atoms with Gasteiger partial charge in [-0.1, -0.05) is 62.3 Å². The lowest BCUT2D eigenvalue weighted by Gasteiger charge is -2.12. The van der Waals surface area contributed by atoms with E-state index in [-0.39, 0.29) is 17.1 Å². The van der Waals surface area contributed by atoms with Crippen LogP contribution in [0.1, 0.15) is 77.7 Å². The van der Waals surface area contributed by atoms with Gasteiger partial charge in [0.05, 0.1) is 0 Å². The van der Waals surface area contributed by atoms with Crippen molar-refractivity contribution in [2.45, 2.75) is 66.2 Å². The number of allylic oxidation sites excluding steroid dienone is 1. The third-order valence-corrected chi connectivity index (χ3v) is 5.93. The number of carbonyl (C=O) groups is 2. The molecular formula is C29H34N2O3. The lowest BCUT2D eigenvalue weighted by molar-refractivity contribution is -0.113. The summed E-state index contributed by atoms with van der Waals surface area (Å²) in [5.74, 6) is 0.597. The van der Waals surface area contributed by atoms with Gasteiger partial charge in [-0.3, -0.25) is 9.59 Å². The minimum absolute atomic E-state index is 0.0252. The zero-order valence-electron chi connectivity index (χ0n) is 21.0. The molecule has 0 saturated heterocycles. The Morgan fingerprint density at radius 3 is 2.35 bits per heavy atom. The molecule has 34 heavy (non-hydrogen) atoms. The fourth-order valence-electron chi connectivity index (χ4n) is 3.80. The third-order valence-electron chi connectivity index (χ3n) is 5.93. The van der Waals surface area contributed by atoms with Crippen molar-refractivity contribution in [3.05, 3.63) is 88.3 Å². The van der Waals surface area contributed by atoms with Gasteiger partial charge in [-0.2, -0.15) is 0 Å². The molecule has 1 aromatic heterocycles. The van der Waals surface area contributed by atoms with Crippen molar-refractivity contribution in [2.24, 2.45) is 0 Å². The zero-order valence-corrected chi connectivity index (χ0v) is 21.0. The molecule has 3 rings (SSSR count). The molecule has 2 aromatic carbocycles. The molecule has 1 heterocycles. The Kier molecular flexibility index (Phi) is 7.55. The van der Waals surface area contributed by atoms with Gasteiger partial charge in [-0.05, 0) is 62.4 Å². The van der Waals surface area contributed by atoms with Crippen molar-refractivity contribution >= 4 is 23.0 Å². The van der Waals surface area contributed by atoms with Crippen molar-refractivity contribution in [3.8, 4) is 0 Å². The summed E-state index contributed by atoms with van der Waals surface area (Å²) in [6.07, 6.45) is 1.85. The topological polar surface area (TPSA) is 72.2 Å². The van der Waals surface area contributed by atoms with Crippen LogP contribution in [0.3, 0.4) is 0 Å². The average Bonchev–Trinajstić information content (AvgIpc) is 3.25. The SMILES string of the molecule is C=C(C(=O)CCCc1ccc(NC(=O)c2ccc(C)cc2C)c(C)c1)c1cc(C(C)(C)C)on1. The van der Waals surface area contributed by atoms with E-state index in [4.69, 9.17) is 4.52 Å². The van der Waals surface area contributed by atoms with Gasteiger partial charge in [0.25, 0.3) is 5.91 Å². The van der Waals surface area contributed by atoms with Gasteiger partial charge in [0.2, 0.25) is 0 Å². The quantitative estimate of drug-likeness (QED) is 0.379. The van der Waals surface area contributed by atoms with E-state index in [9.17, 15) is 9.59 Å². The highest BCUT2D eigenvalue weighted by Crippen LogP contribution is 2.26. The number of aromatic nitrogens is 1. The minimum Gasteiger partial charge on any atom is -0.360 e. The van der Waals surface area contributed by atoms with Gasteiger partial charge in [0.15, 0.2) is 5.78 Å². The highest BCUT2D eigenvalue weighted by atomic mass is 16.5. The van der Waals surface area contributed by atoms with E-state index in [1.807, 2.05) is 71.9 Å². The zero-order chi connectivity index (χ0) is 25.0. The number of amides is 1. The second-order valence-electron chi connectivity index (χ2n) is 10.0. The van der Waals surface area contributed by atoms with Crippen molar-refractivity contribution < 1.29 is 14.1 Å². The number of nitrogens with one attached hydrogen (secondary N) is 1. The molecule has 1 N–H and O–H groups in total. The van der Waals surface area contributed by atoms with Gasteiger partial charge in [-0.25, -0.2) is 0 Å². The van der Waals surface area contributed by atoms with Gasteiger partial charge in [0, 0.05) is 34.7 Å². The molecule has 0 radical (unpaired) electrons. The summed E-state index contributed by atoms with van der Waals surface area (Å²) in [5.41, 5.74) is 6.39. The van der Waals surface area contributed by atoms with Crippen molar-refractivity contribution in [2.75, 3.05) is 5.32 Å². The molecule has 0 fully saturated rings. The maximum absolute atomic E-state index is 12.7. The summed E-state index contributed by atoms with van der Waals surface area (Å²) in [4.78, 5) is 25.3. The number of ketones is 1. The van der Waals surface area contributed by atoms with Crippen LogP contribution >= 0.6 is 0 Å². The molecule has 0 bridgehead atoms. The van der Waals surface area contributed by atoms with Crippen LogP contribution in [0, 0.1) is 20.8 Å². The summed E-state index contributed by atoms with van der Waals surface area (Å²) < 4.78 is 5.37. The fraction of sp³-hybridized carbons (Fsp3) is 0.345. The Labute approximate surface area is 202 Å². The molecule has 0 unspecified atom stereocenters. The number of hydrogen-bond acceptors (Lipinski definition) is 4. The maximum Gasteiger partial charge on any atom is 0.255 e. The minimum atomic E-state index is -0.170. The summed E-state index contributed by atoms with van der Waals surface area (Å²) in [6, 6.07) is 13.6. The van der Waals surface area contributed by atoms with Crippen LogP contribution in [0.25, 0.3) is 5.57 Å². The molecule has 0 saturated carbocycles. The fourth-order valence-corrected chi connectivity index (χ4v) is 3.80. The van der Waals surface area contributed by atoms with Gasteiger partial charge in [-0.15, -0.1) is 0 Å². The molecule has 0 aliphatic rings. The number of hydrogen-bond donors (Lipinski definition) is 1. The van der Waals surface area contributed by atoms with Crippen LogP contribution in [0.5, 0.6) is 0 Å². The largest absolute Gasteiger partial charge is 0.360 e. The number of aryl methyl sites for hydroxylation is 4. The first-order valence-electron chi connectivity index (χ1n) is 11.6. The molecule has 178 valence electrons. The summed E-state index contributed by atoms with van der Waals surface area (Å²) >= 11 is 0. The molecule has 0 aliphatic carbocycles. The lowest BCUT2D eigenvalue weighted by atomic mass is 9.92. The maximum atomic E-state index is 12.7. The molecule has 5 nitrogen and oxygen atoms in total. The Morgan fingerprint density at radius 2 is 1.74 bits per heavy atom. The predicted octanol–water partition coefficient (Wildman–Crippen LogP) is 6.75. The first-order valence-corrected chi connectivity index (χ1v) is 11.6. The predicted molar refractivity (Wildman–Crippen MR) is 137 cm³/mol. The lowest BCUT2D eigenvalue weighted by Crippen LogP contribution is -2.14. The second-order valence-corrected chi connectivity index (χ2v) is 10.0. The number of carbonyl (C=O) groups excluding carboxylic acids is 2. The standard InChI is InChI=1S/C29H34N2O3/c1-18-11-13-23(19(2)15-18)28(33)30-24-14-12-22(16-20(24)3)9-8-10-26(32)21(4)25-17-27(34-31-25)29(5,6)7/h11-17H,4,8-10H2,1-3,5-7H3,(H,30,33). The molecule has 1 amide bonds. The number of rotatable bonds is 8. The Morgan fingerprint density at radius 1 is 1.00 bits per heavy atom. The highest BCUT2D eigenvalue weighted by molar-refractivity contribution is 6.19. The summed E-state index contributed by atoms with van der Waals surface area (Å²) in [6.45, 7) is 16.0. The van der Waals surface area contributed by atoms with E-state index in [1.54, 1.807) is 6.07 Å². The van der Waals surface area contributed by atoms with Crippen LogP contribution in [0.2, 0.25) is 0 Å². The van der Waals surface area contributed by atoms with Gasteiger partial charge < -0.3 is 9.84 Å². The molecule has 5 heteroatoms. The highest BCUT2D eigenvalue weighted by Gasteiger charge is 2.22. The van der Waals surface area contributed by atoms with E-state index in [0.717, 1.165) is 40.1 Å². The first kappa shape index (κ1) is 25.2. The normalized spacial score (nSPS) is 11.4. The first-order chi connectivity index (χ1) is 16.0. The van der Waals surface area contributed by atoms with E-state index in [2.05, 4.69) is 23.1 Å². The van der Waals surface area contributed by atoms with E-state index in [1.165, 1.54) is 0 Å². The molecular weight excluding hydrogens is 424 g/mol. The van der Waals surface area contributed by atoms with Crippen LogP contribution < -0.4 is 5.32 Å². The van der Waals surface area contributed by atoms with E-state index in [0.29, 0.717) is 29.7 Å². The van der Waals surface area contributed by atoms with Gasteiger partial charge in [0.1, 0.15) is 11.5 Å². The second kappa shape index (κ2) is 10.2. The number of anilines is 1. The number of benzene rings is 2. The van der Waals surface area contributed by atoms with Crippen LogP contribution in [-0.2, 0) is 16.6 Å². The van der Waals surface area contributed by atoms with Crippen molar-refractivity contribution in [3.63, 3.8) is 0 Å². The van der Waals surface area contributed by atoms with Crippen LogP contribution in [0.15, 0.2) is 53.6 Å².